The summed E-state index contributed by atoms with van der Waals surface area (Å²) in [6, 6.07) is 9.02. The molecule has 1 heterocycles. The van der Waals surface area contributed by atoms with Crippen molar-refractivity contribution in [2.24, 2.45) is 7.05 Å². The van der Waals surface area contributed by atoms with Crippen LogP contribution in [-0.2, 0) is 11.8 Å². The van der Waals surface area contributed by atoms with Crippen LogP contribution in [0.1, 0.15) is 29.1 Å². The van der Waals surface area contributed by atoms with Crippen LogP contribution < -0.4 is 10.6 Å². The van der Waals surface area contributed by atoms with E-state index < -0.39 is 23.6 Å². The molecule has 0 saturated heterocycles. The summed E-state index contributed by atoms with van der Waals surface area (Å²) in [5.41, 5.74) is 0.309. The van der Waals surface area contributed by atoms with Crippen molar-refractivity contribution < 1.29 is 18.4 Å². The maximum Gasteiger partial charge on any atom is 0.254 e. The molecule has 3 aromatic rings. The molecule has 0 spiro atoms. The van der Waals surface area contributed by atoms with Gasteiger partial charge in [-0.2, -0.15) is 0 Å². The molecule has 1 aromatic heterocycles. The van der Waals surface area contributed by atoms with Gasteiger partial charge in [0.25, 0.3) is 5.91 Å². The van der Waals surface area contributed by atoms with Gasteiger partial charge in [-0.3, -0.25) is 9.59 Å². The van der Waals surface area contributed by atoms with Crippen LogP contribution in [0.5, 0.6) is 0 Å². The lowest BCUT2D eigenvalue weighted by Crippen LogP contribution is -2.29. The number of benzene rings is 2. The first-order valence-electron chi connectivity index (χ1n) is 9.08. The second kappa shape index (κ2) is 9.88. The van der Waals surface area contributed by atoms with Crippen molar-refractivity contribution in [3.63, 3.8) is 0 Å². The molecule has 2 amide bonds. The summed E-state index contributed by atoms with van der Waals surface area (Å²) in [4.78, 5) is 24.5. The summed E-state index contributed by atoms with van der Waals surface area (Å²) < 4.78 is 28.6. The first-order chi connectivity index (χ1) is 14.8. The third kappa shape index (κ3) is 5.59. The molecule has 162 valence electrons. The first kappa shape index (κ1) is 22.7. The largest absolute Gasteiger partial charge is 0.342 e. The standard InChI is InChI=1S/C20H18ClF2N5O2S/c1-11(24-19(30)13-5-3-4-6-15(13)22)18-26-27-20(28(18)2)31-10-17(29)25-12-7-8-16(23)14(21)9-12/h3-9,11H,10H2,1-2H3,(H,24,30)(H,25,29)/t11-/m0/s1. The van der Waals surface area contributed by atoms with Crippen molar-refractivity contribution in [2.45, 2.75) is 18.1 Å². The Morgan fingerprint density at radius 1 is 1.16 bits per heavy atom. The smallest absolute Gasteiger partial charge is 0.254 e. The molecule has 7 nitrogen and oxygen atoms in total. The van der Waals surface area contributed by atoms with Gasteiger partial charge in [-0.05, 0) is 37.3 Å². The van der Waals surface area contributed by atoms with E-state index in [0.717, 1.165) is 17.8 Å². The van der Waals surface area contributed by atoms with Gasteiger partial charge >= 0.3 is 0 Å². The van der Waals surface area contributed by atoms with E-state index in [2.05, 4.69) is 20.8 Å². The van der Waals surface area contributed by atoms with Crippen LogP contribution in [0.3, 0.4) is 0 Å². The highest BCUT2D eigenvalue weighted by molar-refractivity contribution is 7.99. The van der Waals surface area contributed by atoms with Gasteiger partial charge < -0.3 is 15.2 Å². The second-order valence-electron chi connectivity index (χ2n) is 6.54. The molecule has 0 unspecified atom stereocenters. The number of amides is 2. The average molecular weight is 466 g/mol. The molecule has 0 fully saturated rings. The highest BCUT2D eigenvalue weighted by Gasteiger charge is 2.20. The van der Waals surface area contributed by atoms with E-state index in [1.165, 1.54) is 30.3 Å². The fourth-order valence-corrected chi connectivity index (χ4v) is 3.61. The summed E-state index contributed by atoms with van der Waals surface area (Å²) in [6.45, 7) is 1.70. The zero-order valence-corrected chi connectivity index (χ0v) is 18.1. The minimum absolute atomic E-state index is 0.0247. The van der Waals surface area contributed by atoms with Crippen LogP contribution in [-0.4, -0.2) is 32.3 Å². The molecule has 0 aliphatic heterocycles. The van der Waals surface area contributed by atoms with Crippen LogP contribution in [0.2, 0.25) is 5.02 Å². The quantitative estimate of drug-likeness (QED) is 0.515. The van der Waals surface area contributed by atoms with Crippen molar-refractivity contribution in [3.05, 3.63) is 70.5 Å². The van der Waals surface area contributed by atoms with E-state index >= 15 is 0 Å². The number of nitrogens with zero attached hydrogens (tertiary/aromatic N) is 3. The number of aromatic nitrogens is 3. The number of carbonyl (C=O) groups excluding carboxylic acids is 2. The maximum atomic E-state index is 13.8. The number of hydrogen-bond donors (Lipinski definition) is 2. The van der Waals surface area contributed by atoms with E-state index in [9.17, 15) is 18.4 Å². The first-order valence-corrected chi connectivity index (χ1v) is 10.4. The van der Waals surface area contributed by atoms with Gasteiger partial charge in [0.05, 0.1) is 22.4 Å². The summed E-state index contributed by atoms with van der Waals surface area (Å²) in [5.74, 6) is -1.63. The zero-order chi connectivity index (χ0) is 22.5. The van der Waals surface area contributed by atoms with Crippen molar-refractivity contribution in [3.8, 4) is 0 Å². The number of anilines is 1. The Kier molecular flexibility index (Phi) is 7.24. The lowest BCUT2D eigenvalue weighted by atomic mass is 10.2. The van der Waals surface area contributed by atoms with Crippen LogP contribution in [0, 0.1) is 11.6 Å². The molecule has 1 atom stereocenters. The summed E-state index contributed by atoms with van der Waals surface area (Å²) in [7, 11) is 1.70. The fraction of sp³-hybridized carbons (Fsp3) is 0.200. The van der Waals surface area contributed by atoms with Gasteiger partial charge in [-0.1, -0.05) is 35.5 Å². The third-order valence-corrected chi connectivity index (χ3v) is 5.57. The van der Waals surface area contributed by atoms with E-state index in [1.54, 1.807) is 24.6 Å². The topological polar surface area (TPSA) is 88.9 Å². The van der Waals surface area contributed by atoms with Crippen LogP contribution in [0.4, 0.5) is 14.5 Å². The maximum absolute atomic E-state index is 13.8. The number of hydrogen-bond acceptors (Lipinski definition) is 5. The Bertz CT molecular complexity index is 1120. The molecule has 0 aliphatic carbocycles. The second-order valence-corrected chi connectivity index (χ2v) is 7.89. The molecule has 0 saturated carbocycles. The molecular formula is C20H18ClF2N5O2S. The molecule has 0 radical (unpaired) electrons. The van der Waals surface area contributed by atoms with Gasteiger partial charge in [0, 0.05) is 12.7 Å². The Morgan fingerprint density at radius 2 is 1.90 bits per heavy atom. The zero-order valence-electron chi connectivity index (χ0n) is 16.5. The molecule has 3 rings (SSSR count). The van der Waals surface area contributed by atoms with Gasteiger partial charge in [-0.25, -0.2) is 8.78 Å². The Hall–Kier alpha value is -2.98. The van der Waals surface area contributed by atoms with Crippen molar-refractivity contribution >= 4 is 40.9 Å². The predicted molar refractivity (Wildman–Crippen MR) is 114 cm³/mol. The van der Waals surface area contributed by atoms with Crippen molar-refractivity contribution in [2.75, 3.05) is 11.1 Å². The van der Waals surface area contributed by atoms with Gasteiger partial charge in [0.1, 0.15) is 11.6 Å². The lowest BCUT2D eigenvalue weighted by Gasteiger charge is -2.14. The highest BCUT2D eigenvalue weighted by atomic mass is 35.5. The number of carbonyl (C=O) groups is 2. The Labute approximate surface area is 186 Å². The highest BCUT2D eigenvalue weighted by Crippen LogP contribution is 2.22. The van der Waals surface area contributed by atoms with Crippen molar-refractivity contribution in [1.29, 1.82) is 0 Å². The third-order valence-electron chi connectivity index (χ3n) is 4.26. The van der Waals surface area contributed by atoms with Crippen LogP contribution >= 0.6 is 23.4 Å². The van der Waals surface area contributed by atoms with Gasteiger partial charge in [-0.15, -0.1) is 10.2 Å². The van der Waals surface area contributed by atoms with E-state index in [-0.39, 0.29) is 22.2 Å². The van der Waals surface area contributed by atoms with E-state index in [1.807, 2.05) is 0 Å². The Balaban J connectivity index is 1.59. The SMILES string of the molecule is C[C@H](NC(=O)c1ccccc1F)c1nnc(SCC(=O)Nc2ccc(F)c(Cl)c2)n1C. The minimum Gasteiger partial charge on any atom is -0.342 e. The van der Waals surface area contributed by atoms with Crippen LogP contribution in [0.25, 0.3) is 0 Å². The monoisotopic (exact) mass is 465 g/mol. The minimum atomic E-state index is -0.616. The number of rotatable bonds is 7. The lowest BCUT2D eigenvalue weighted by molar-refractivity contribution is -0.113. The normalized spacial score (nSPS) is 11.8. The van der Waals surface area contributed by atoms with E-state index in [0.29, 0.717) is 16.7 Å². The molecule has 31 heavy (non-hydrogen) atoms. The summed E-state index contributed by atoms with van der Waals surface area (Å²) in [6.07, 6.45) is 0. The molecule has 2 aromatic carbocycles. The van der Waals surface area contributed by atoms with Crippen LogP contribution in [0.15, 0.2) is 47.6 Å². The summed E-state index contributed by atoms with van der Waals surface area (Å²) >= 11 is 6.84. The average Bonchev–Trinajstić information content (AvgIpc) is 3.10. The summed E-state index contributed by atoms with van der Waals surface area (Å²) in [5, 5.41) is 13.8. The predicted octanol–water partition coefficient (Wildman–Crippen LogP) is 3.97. The molecule has 0 bridgehead atoms. The Morgan fingerprint density at radius 3 is 2.61 bits per heavy atom. The fourth-order valence-electron chi connectivity index (χ4n) is 2.71. The van der Waals surface area contributed by atoms with Crippen molar-refractivity contribution in [1.82, 2.24) is 20.1 Å². The number of halogens is 3. The molecule has 11 heteroatoms. The number of thioether (sulfide) groups is 1. The molecular weight excluding hydrogens is 448 g/mol. The van der Waals surface area contributed by atoms with Gasteiger partial charge in [0.15, 0.2) is 11.0 Å². The van der Waals surface area contributed by atoms with Gasteiger partial charge in [0.2, 0.25) is 5.91 Å². The molecule has 2 N–H and O–H groups in total. The molecule has 0 aliphatic rings. The number of nitrogens with one attached hydrogen (secondary N) is 2. The van der Waals surface area contributed by atoms with E-state index in [4.69, 9.17) is 11.6 Å².